The summed E-state index contributed by atoms with van der Waals surface area (Å²) in [6, 6.07) is 0. The molecule has 2 heterocycles. The third kappa shape index (κ3) is 2.31. The predicted octanol–water partition coefficient (Wildman–Crippen LogP) is -0.347. The van der Waals surface area contributed by atoms with Gasteiger partial charge in [0.05, 0.1) is 12.5 Å². The van der Waals surface area contributed by atoms with Gasteiger partial charge in [0.15, 0.2) is 11.4 Å². The average molecular weight is 266 g/mol. The molecule has 2 aromatic rings. The quantitative estimate of drug-likeness (QED) is 0.496. The summed E-state index contributed by atoms with van der Waals surface area (Å²) in [5.41, 5.74) is -1.14. The minimum atomic E-state index is -1.46. The first kappa shape index (κ1) is 12.8. The van der Waals surface area contributed by atoms with Crippen molar-refractivity contribution in [2.45, 2.75) is 5.92 Å². The van der Waals surface area contributed by atoms with Crippen molar-refractivity contribution in [3.05, 3.63) is 35.4 Å². The number of hydrogen-bond acceptors (Lipinski definition) is 5. The van der Waals surface area contributed by atoms with Crippen molar-refractivity contribution in [3.63, 3.8) is 0 Å². The molecule has 1 atom stereocenters. The van der Waals surface area contributed by atoms with Gasteiger partial charge in [0, 0.05) is 12.4 Å². The maximum absolute atomic E-state index is 10.9. The van der Waals surface area contributed by atoms with Gasteiger partial charge in [-0.05, 0) is 0 Å². The number of rotatable bonds is 5. The first-order chi connectivity index (χ1) is 9.04. The van der Waals surface area contributed by atoms with Crippen LogP contribution in [-0.4, -0.2) is 53.8 Å². The zero-order valence-corrected chi connectivity index (χ0v) is 9.49. The Hall–Kier alpha value is -2.68. The van der Waals surface area contributed by atoms with Crippen LogP contribution in [0.4, 0.5) is 0 Å². The second-order valence-corrected chi connectivity index (χ2v) is 3.67. The van der Waals surface area contributed by atoms with E-state index in [4.69, 9.17) is 10.2 Å². The molecule has 1 unspecified atom stereocenters. The van der Waals surface area contributed by atoms with Crippen LogP contribution in [-0.2, 0) is 0 Å². The van der Waals surface area contributed by atoms with Crippen molar-refractivity contribution in [2.24, 2.45) is 0 Å². The van der Waals surface area contributed by atoms with E-state index in [2.05, 4.69) is 19.9 Å². The predicted molar refractivity (Wildman–Crippen MR) is 60.0 cm³/mol. The van der Waals surface area contributed by atoms with E-state index in [1.54, 1.807) is 0 Å². The van der Waals surface area contributed by atoms with Crippen LogP contribution in [0.2, 0.25) is 0 Å². The van der Waals surface area contributed by atoms with E-state index in [9.17, 15) is 14.7 Å². The Balaban J connectivity index is 2.48. The second-order valence-electron chi connectivity index (χ2n) is 3.67. The summed E-state index contributed by atoms with van der Waals surface area (Å²) in [5.74, 6) is -3.28. The zero-order chi connectivity index (χ0) is 14.0. The summed E-state index contributed by atoms with van der Waals surface area (Å²) in [6.45, 7) is -0.404. The topological polar surface area (TPSA) is 152 Å². The Morgan fingerprint density at radius 1 is 1.26 bits per heavy atom. The van der Waals surface area contributed by atoms with Gasteiger partial charge >= 0.3 is 11.9 Å². The highest BCUT2D eigenvalue weighted by Gasteiger charge is 2.27. The van der Waals surface area contributed by atoms with E-state index in [-0.39, 0.29) is 5.82 Å². The van der Waals surface area contributed by atoms with Crippen LogP contribution in [0, 0.1) is 0 Å². The van der Waals surface area contributed by atoms with E-state index in [0.29, 0.717) is 5.82 Å². The monoisotopic (exact) mass is 266 g/mol. The Bertz CT molecular complexity index is 572. The van der Waals surface area contributed by atoms with Crippen LogP contribution in [0.1, 0.15) is 38.5 Å². The first-order valence-electron chi connectivity index (χ1n) is 5.21. The van der Waals surface area contributed by atoms with Crippen molar-refractivity contribution >= 4 is 11.9 Å². The minimum absolute atomic E-state index is 0.0206. The molecule has 0 aromatic carbocycles. The van der Waals surface area contributed by atoms with Crippen molar-refractivity contribution in [1.29, 1.82) is 0 Å². The molecule has 9 nitrogen and oxygen atoms in total. The van der Waals surface area contributed by atoms with Crippen LogP contribution < -0.4 is 0 Å². The largest absolute Gasteiger partial charge is 0.477 e. The van der Waals surface area contributed by atoms with Crippen molar-refractivity contribution < 1.29 is 24.9 Å². The molecule has 0 spiro atoms. The Morgan fingerprint density at radius 3 is 2.42 bits per heavy atom. The van der Waals surface area contributed by atoms with E-state index in [1.807, 2.05) is 0 Å². The fraction of sp³-hybridized carbons (Fsp3) is 0.200. The molecule has 0 fully saturated rings. The van der Waals surface area contributed by atoms with Gasteiger partial charge in [0.2, 0.25) is 0 Å². The zero-order valence-electron chi connectivity index (χ0n) is 9.49. The van der Waals surface area contributed by atoms with Crippen LogP contribution in [0.5, 0.6) is 0 Å². The van der Waals surface area contributed by atoms with E-state index >= 15 is 0 Å². The van der Waals surface area contributed by atoms with E-state index < -0.39 is 35.9 Å². The highest BCUT2D eigenvalue weighted by Crippen LogP contribution is 2.20. The molecule has 9 heteroatoms. The third-order valence-corrected chi connectivity index (χ3v) is 2.50. The van der Waals surface area contributed by atoms with Crippen LogP contribution in [0.25, 0.3) is 0 Å². The molecule has 0 saturated carbocycles. The van der Waals surface area contributed by atoms with Crippen molar-refractivity contribution in [3.8, 4) is 0 Å². The number of hydrogen-bond donors (Lipinski definition) is 5. The maximum Gasteiger partial charge on any atom is 0.357 e. The van der Waals surface area contributed by atoms with E-state index in [1.165, 1.54) is 12.4 Å². The van der Waals surface area contributed by atoms with Gasteiger partial charge in [-0.1, -0.05) is 0 Å². The number of nitrogens with zero attached hydrogens (tertiary/aromatic N) is 2. The third-order valence-electron chi connectivity index (χ3n) is 2.50. The number of aromatic nitrogens is 4. The summed E-state index contributed by atoms with van der Waals surface area (Å²) in [7, 11) is 0. The van der Waals surface area contributed by atoms with Crippen LogP contribution >= 0.6 is 0 Å². The molecule has 0 bridgehead atoms. The molecule has 2 aromatic heterocycles. The molecule has 2 rings (SSSR count). The van der Waals surface area contributed by atoms with Gasteiger partial charge in [-0.2, -0.15) is 0 Å². The van der Waals surface area contributed by atoms with Gasteiger partial charge in [0.1, 0.15) is 11.6 Å². The normalized spacial score (nSPS) is 12.3. The smallest absolute Gasteiger partial charge is 0.357 e. The van der Waals surface area contributed by atoms with Gasteiger partial charge in [0.25, 0.3) is 0 Å². The molecule has 0 aliphatic rings. The molecule has 0 saturated heterocycles. The number of aliphatic hydroxyl groups excluding tert-OH is 1. The fourth-order valence-electron chi connectivity index (χ4n) is 1.64. The minimum Gasteiger partial charge on any atom is -0.477 e. The fourth-order valence-corrected chi connectivity index (χ4v) is 1.64. The van der Waals surface area contributed by atoms with Gasteiger partial charge in [-0.15, -0.1) is 0 Å². The summed E-state index contributed by atoms with van der Waals surface area (Å²) in [4.78, 5) is 34.6. The summed E-state index contributed by atoms with van der Waals surface area (Å²) >= 11 is 0. The Kier molecular flexibility index (Phi) is 3.29. The molecular weight excluding hydrogens is 256 g/mol. The lowest BCUT2D eigenvalue weighted by Gasteiger charge is -2.07. The van der Waals surface area contributed by atoms with Crippen LogP contribution in [0.15, 0.2) is 12.4 Å². The number of aliphatic hydroxyl groups is 1. The molecule has 0 aliphatic carbocycles. The van der Waals surface area contributed by atoms with Gasteiger partial charge in [-0.3, -0.25) is 0 Å². The van der Waals surface area contributed by atoms with Crippen molar-refractivity contribution in [1.82, 2.24) is 19.9 Å². The lowest BCUT2D eigenvalue weighted by atomic mass is 10.1. The molecule has 0 aliphatic heterocycles. The number of H-pyrrole nitrogens is 2. The summed E-state index contributed by atoms with van der Waals surface area (Å²) in [5, 5.41) is 27.1. The number of carbonyl (C=O) groups is 2. The number of carboxylic acids is 2. The van der Waals surface area contributed by atoms with Gasteiger partial charge < -0.3 is 25.3 Å². The number of imidazole rings is 2. The standard InChI is InChI=1S/C10H10N4O5/c15-3-4(7-11-1-2-12-7)8-13-5(9(16)17)6(14-8)10(18)19/h1-2,4,15H,3H2,(H,11,12)(H,13,14)(H,16,17)(H,18,19). The highest BCUT2D eigenvalue weighted by molar-refractivity contribution is 5.98. The highest BCUT2D eigenvalue weighted by atomic mass is 16.4. The number of aromatic amines is 2. The molecular formula is C10H10N4O5. The molecule has 19 heavy (non-hydrogen) atoms. The first-order valence-corrected chi connectivity index (χ1v) is 5.21. The number of carboxylic acid groups (broad SMARTS) is 2. The average Bonchev–Trinajstić information content (AvgIpc) is 2.98. The molecule has 0 amide bonds. The lowest BCUT2D eigenvalue weighted by molar-refractivity contribution is 0.0644. The van der Waals surface area contributed by atoms with E-state index in [0.717, 1.165) is 0 Å². The summed E-state index contributed by atoms with van der Waals surface area (Å²) < 4.78 is 0. The number of nitrogens with one attached hydrogen (secondary N) is 2. The second kappa shape index (κ2) is 4.90. The number of aromatic carboxylic acids is 2. The Labute approximate surface area is 106 Å². The van der Waals surface area contributed by atoms with Gasteiger partial charge in [-0.25, -0.2) is 19.6 Å². The SMILES string of the molecule is O=C(O)c1nc(C(CO)c2ncc[nH]2)[nH]c1C(=O)O. The molecule has 100 valence electrons. The maximum atomic E-state index is 10.9. The summed E-state index contributed by atoms with van der Waals surface area (Å²) in [6.07, 6.45) is 2.98. The molecule has 0 radical (unpaired) electrons. The lowest BCUT2D eigenvalue weighted by Crippen LogP contribution is -2.10. The Morgan fingerprint density at radius 2 is 2.00 bits per heavy atom. The van der Waals surface area contributed by atoms with Crippen LogP contribution in [0.3, 0.4) is 0 Å². The molecule has 5 N–H and O–H groups in total. The van der Waals surface area contributed by atoms with Crippen molar-refractivity contribution in [2.75, 3.05) is 6.61 Å².